The van der Waals surface area contributed by atoms with Crippen LogP contribution in [0, 0.1) is 12.7 Å². The van der Waals surface area contributed by atoms with Crippen LogP contribution in [-0.2, 0) is 11.2 Å². The molecule has 0 saturated carbocycles. The summed E-state index contributed by atoms with van der Waals surface area (Å²) < 4.78 is 12.8. The average molecular weight is 352 g/mol. The molecule has 3 nitrogen and oxygen atoms in total. The fourth-order valence-corrected chi connectivity index (χ4v) is 3.21. The third kappa shape index (κ3) is 5.09. The fourth-order valence-electron chi connectivity index (χ4n) is 2.36. The van der Waals surface area contributed by atoms with Gasteiger partial charge in [-0.1, -0.05) is 42.0 Å². The number of nitrogens with one attached hydrogen (secondary N) is 1. The summed E-state index contributed by atoms with van der Waals surface area (Å²) in [5, 5.41) is 3.31. The Bertz CT molecular complexity index is 900. The molecular weight excluding hydrogens is 335 g/mol. The third-order valence-corrected chi connectivity index (χ3v) is 4.45. The Morgan fingerprint density at radius 2 is 2.04 bits per heavy atom. The number of benzene rings is 2. The lowest BCUT2D eigenvalue weighted by Gasteiger charge is -1.99. The number of aryl methyl sites for hydroxylation is 1. The van der Waals surface area contributed by atoms with Gasteiger partial charge in [-0.05, 0) is 36.3 Å². The molecule has 0 spiro atoms. The van der Waals surface area contributed by atoms with Crippen LogP contribution in [0.4, 0.5) is 9.52 Å². The zero-order chi connectivity index (χ0) is 17.6. The van der Waals surface area contributed by atoms with E-state index in [0.717, 1.165) is 16.9 Å². The summed E-state index contributed by atoms with van der Waals surface area (Å²) in [6, 6.07) is 14.3. The predicted octanol–water partition coefficient (Wildman–Crippen LogP) is 4.83. The number of carbonyl (C=O) groups excluding carboxylic acids is 1. The van der Waals surface area contributed by atoms with E-state index < -0.39 is 0 Å². The minimum atomic E-state index is -0.300. The minimum absolute atomic E-state index is 0.263. The van der Waals surface area contributed by atoms with Crippen molar-refractivity contribution < 1.29 is 9.18 Å². The van der Waals surface area contributed by atoms with Crippen LogP contribution >= 0.6 is 11.3 Å². The highest BCUT2D eigenvalue weighted by Gasteiger charge is 2.05. The maximum atomic E-state index is 12.8. The Morgan fingerprint density at radius 3 is 2.80 bits per heavy atom. The normalized spacial score (nSPS) is 11.0. The standard InChI is InChI=1S/C20H17FN2OS/c1-14-3-2-4-16(11-14)12-18-13-22-20(25-18)23-19(24)10-7-15-5-8-17(21)9-6-15/h2-11,13H,12H2,1H3,(H,22,23,24). The first-order valence-electron chi connectivity index (χ1n) is 7.83. The van der Waals surface area contributed by atoms with Gasteiger partial charge in [0, 0.05) is 23.6 Å². The molecule has 0 aliphatic heterocycles. The van der Waals surface area contributed by atoms with Crippen LogP contribution in [-0.4, -0.2) is 10.9 Å². The van der Waals surface area contributed by atoms with Crippen molar-refractivity contribution in [1.82, 2.24) is 4.98 Å². The summed E-state index contributed by atoms with van der Waals surface area (Å²) in [6.07, 6.45) is 5.62. The molecule has 1 heterocycles. The highest BCUT2D eigenvalue weighted by molar-refractivity contribution is 7.15. The second-order valence-corrected chi connectivity index (χ2v) is 6.79. The smallest absolute Gasteiger partial charge is 0.250 e. The monoisotopic (exact) mass is 352 g/mol. The highest BCUT2D eigenvalue weighted by Crippen LogP contribution is 2.21. The molecule has 1 N–H and O–H groups in total. The molecule has 0 fully saturated rings. The maximum Gasteiger partial charge on any atom is 0.250 e. The quantitative estimate of drug-likeness (QED) is 0.668. The van der Waals surface area contributed by atoms with E-state index in [1.54, 1.807) is 24.4 Å². The second kappa shape index (κ2) is 7.85. The number of carbonyl (C=O) groups is 1. The van der Waals surface area contributed by atoms with Gasteiger partial charge in [0.2, 0.25) is 5.91 Å². The van der Waals surface area contributed by atoms with Crippen molar-refractivity contribution in [2.45, 2.75) is 13.3 Å². The van der Waals surface area contributed by atoms with Crippen molar-refractivity contribution in [2.75, 3.05) is 5.32 Å². The van der Waals surface area contributed by atoms with E-state index >= 15 is 0 Å². The van der Waals surface area contributed by atoms with Gasteiger partial charge in [-0.3, -0.25) is 10.1 Å². The van der Waals surface area contributed by atoms with E-state index in [2.05, 4.69) is 35.4 Å². The first-order chi connectivity index (χ1) is 12.1. The molecule has 3 aromatic rings. The summed E-state index contributed by atoms with van der Waals surface area (Å²) in [7, 11) is 0. The molecule has 1 amide bonds. The SMILES string of the molecule is Cc1cccc(Cc2cnc(NC(=O)C=Cc3ccc(F)cc3)s2)c1. The zero-order valence-corrected chi connectivity index (χ0v) is 14.5. The fraction of sp³-hybridized carbons (Fsp3) is 0.100. The number of anilines is 1. The van der Waals surface area contributed by atoms with Gasteiger partial charge in [0.25, 0.3) is 0 Å². The Kier molecular flexibility index (Phi) is 5.36. The van der Waals surface area contributed by atoms with Crippen molar-refractivity contribution in [3.63, 3.8) is 0 Å². The van der Waals surface area contributed by atoms with Crippen molar-refractivity contribution in [3.05, 3.63) is 88.2 Å². The molecule has 0 aliphatic rings. The molecule has 0 saturated heterocycles. The van der Waals surface area contributed by atoms with Gasteiger partial charge in [0.05, 0.1) is 0 Å². The van der Waals surface area contributed by atoms with Gasteiger partial charge < -0.3 is 0 Å². The van der Waals surface area contributed by atoms with Gasteiger partial charge in [-0.25, -0.2) is 9.37 Å². The Hall–Kier alpha value is -2.79. The number of hydrogen-bond donors (Lipinski definition) is 1. The number of thiazole rings is 1. The summed E-state index contributed by atoms with van der Waals surface area (Å²) in [5.41, 5.74) is 3.20. The number of amides is 1. The molecule has 0 bridgehead atoms. The van der Waals surface area contributed by atoms with Gasteiger partial charge in [0.1, 0.15) is 5.82 Å². The molecule has 3 rings (SSSR count). The molecule has 0 atom stereocenters. The van der Waals surface area contributed by atoms with Gasteiger partial charge in [-0.15, -0.1) is 11.3 Å². The maximum absolute atomic E-state index is 12.8. The van der Waals surface area contributed by atoms with Crippen LogP contribution in [0.25, 0.3) is 6.08 Å². The summed E-state index contributed by atoms with van der Waals surface area (Å²) in [6.45, 7) is 2.06. The van der Waals surface area contributed by atoms with Gasteiger partial charge in [-0.2, -0.15) is 0 Å². The molecule has 1 aromatic heterocycles. The Morgan fingerprint density at radius 1 is 1.24 bits per heavy atom. The van der Waals surface area contributed by atoms with Gasteiger partial charge >= 0.3 is 0 Å². The van der Waals surface area contributed by atoms with E-state index in [9.17, 15) is 9.18 Å². The Labute approximate surface area is 149 Å². The topological polar surface area (TPSA) is 42.0 Å². The largest absolute Gasteiger partial charge is 0.298 e. The van der Waals surface area contributed by atoms with Crippen molar-refractivity contribution in [1.29, 1.82) is 0 Å². The van der Waals surface area contributed by atoms with E-state index in [4.69, 9.17) is 0 Å². The summed E-state index contributed by atoms with van der Waals surface area (Å²) in [4.78, 5) is 17.3. The lowest BCUT2D eigenvalue weighted by Crippen LogP contribution is -2.07. The third-order valence-electron chi connectivity index (χ3n) is 3.54. The van der Waals surface area contributed by atoms with Crippen molar-refractivity contribution in [2.24, 2.45) is 0 Å². The van der Waals surface area contributed by atoms with Crippen LogP contribution in [0.1, 0.15) is 21.6 Å². The van der Waals surface area contributed by atoms with Crippen molar-refractivity contribution in [3.8, 4) is 0 Å². The molecule has 2 aromatic carbocycles. The predicted molar refractivity (Wildman–Crippen MR) is 100 cm³/mol. The highest BCUT2D eigenvalue weighted by atomic mass is 32.1. The molecule has 126 valence electrons. The number of halogens is 1. The molecule has 25 heavy (non-hydrogen) atoms. The average Bonchev–Trinajstić information content (AvgIpc) is 3.01. The second-order valence-electron chi connectivity index (χ2n) is 5.67. The van der Waals surface area contributed by atoms with E-state index in [0.29, 0.717) is 5.13 Å². The van der Waals surface area contributed by atoms with Crippen LogP contribution in [0.15, 0.2) is 60.8 Å². The van der Waals surface area contributed by atoms with E-state index in [1.165, 1.54) is 40.7 Å². The first kappa shape index (κ1) is 17.0. The lowest BCUT2D eigenvalue weighted by molar-refractivity contribution is -0.111. The van der Waals surface area contributed by atoms with Crippen LogP contribution in [0.5, 0.6) is 0 Å². The van der Waals surface area contributed by atoms with Gasteiger partial charge in [0.15, 0.2) is 5.13 Å². The minimum Gasteiger partial charge on any atom is -0.298 e. The Balaban J connectivity index is 1.59. The number of aromatic nitrogens is 1. The lowest BCUT2D eigenvalue weighted by atomic mass is 10.1. The summed E-state index contributed by atoms with van der Waals surface area (Å²) in [5.74, 6) is -0.564. The number of hydrogen-bond acceptors (Lipinski definition) is 3. The van der Waals surface area contributed by atoms with Crippen LogP contribution in [0.2, 0.25) is 0 Å². The molecule has 5 heteroatoms. The molecular formula is C20H17FN2OS. The van der Waals surface area contributed by atoms with Crippen LogP contribution < -0.4 is 5.32 Å². The van der Waals surface area contributed by atoms with Crippen LogP contribution in [0.3, 0.4) is 0 Å². The van der Waals surface area contributed by atoms with E-state index in [-0.39, 0.29) is 11.7 Å². The molecule has 0 unspecified atom stereocenters. The number of rotatable bonds is 5. The summed E-state index contributed by atoms with van der Waals surface area (Å²) >= 11 is 1.46. The zero-order valence-electron chi connectivity index (χ0n) is 13.7. The van der Waals surface area contributed by atoms with E-state index in [1.807, 2.05) is 6.07 Å². The molecule has 0 aliphatic carbocycles. The van der Waals surface area contributed by atoms with Crippen molar-refractivity contribution >= 4 is 28.5 Å². The number of nitrogens with zero attached hydrogens (tertiary/aromatic N) is 1. The first-order valence-corrected chi connectivity index (χ1v) is 8.65. The molecule has 0 radical (unpaired) electrons.